The van der Waals surface area contributed by atoms with Gasteiger partial charge in [0.1, 0.15) is 0 Å². The molecule has 277 valence electrons. The van der Waals surface area contributed by atoms with Crippen LogP contribution in [0.4, 0.5) is 0 Å². The summed E-state index contributed by atoms with van der Waals surface area (Å²) >= 11 is 1.83. The molecule has 0 aliphatic heterocycles. The summed E-state index contributed by atoms with van der Waals surface area (Å²) in [7, 11) is -1.34. The number of pyridine rings is 1. The predicted molar refractivity (Wildman–Crippen MR) is 235 cm³/mol. The first-order chi connectivity index (χ1) is 26.2. The molecule has 0 aliphatic rings. The summed E-state index contributed by atoms with van der Waals surface area (Å²) in [6, 6.07) is 53.9. The van der Waals surface area contributed by atoms with Crippen LogP contribution in [-0.4, -0.2) is 22.6 Å². The van der Waals surface area contributed by atoms with E-state index in [0.29, 0.717) is 5.92 Å². The Morgan fingerprint density at radius 3 is 2.16 bits per heavy atom. The van der Waals surface area contributed by atoms with Crippen molar-refractivity contribution in [3.63, 3.8) is 0 Å². The van der Waals surface area contributed by atoms with Gasteiger partial charge in [0.05, 0.1) is 24.9 Å². The molecule has 9 rings (SSSR count). The fraction of sp³-hybridized carbons (Fsp3) is 0.184. The molecule has 3 heterocycles. The SMILES string of the molecule is CC(C)Cc1cc(-c2[c-]cccc2)ncc1[Si](C)(C)C.CC(c1ccccc1)n1c(-c2[c-]ccc3c2sc2ccccc23)nc2cc3ccccc3cc21.[Ir]. The van der Waals surface area contributed by atoms with Crippen LogP contribution in [0.15, 0.2) is 140 Å². The van der Waals surface area contributed by atoms with Gasteiger partial charge in [-0.15, -0.1) is 54.1 Å². The van der Waals surface area contributed by atoms with E-state index in [-0.39, 0.29) is 26.1 Å². The first-order valence-electron chi connectivity index (χ1n) is 18.9. The van der Waals surface area contributed by atoms with E-state index in [1.54, 1.807) is 0 Å². The molecule has 9 aromatic rings. The zero-order valence-corrected chi connectivity index (χ0v) is 36.4. The van der Waals surface area contributed by atoms with E-state index in [9.17, 15) is 0 Å². The van der Waals surface area contributed by atoms with E-state index in [0.717, 1.165) is 40.1 Å². The van der Waals surface area contributed by atoms with Crippen molar-refractivity contribution >= 4 is 66.6 Å². The third kappa shape index (κ3) is 7.88. The molecule has 0 N–H and O–H groups in total. The Labute approximate surface area is 343 Å². The number of hydrogen-bond donors (Lipinski definition) is 0. The van der Waals surface area contributed by atoms with Gasteiger partial charge in [0.25, 0.3) is 0 Å². The first kappa shape index (κ1) is 38.6. The van der Waals surface area contributed by atoms with Crippen LogP contribution in [0.5, 0.6) is 0 Å². The Hall–Kier alpha value is -4.71. The number of thiophene rings is 1. The smallest absolute Gasteiger partial charge is 0.0798 e. The zero-order chi connectivity index (χ0) is 37.4. The average molecular weight is 928 g/mol. The van der Waals surface area contributed by atoms with Gasteiger partial charge >= 0.3 is 0 Å². The second-order valence-electron chi connectivity index (χ2n) is 15.6. The largest absolute Gasteiger partial charge is 0.357 e. The van der Waals surface area contributed by atoms with Crippen LogP contribution < -0.4 is 5.19 Å². The summed E-state index contributed by atoms with van der Waals surface area (Å²) in [5.41, 5.74) is 8.10. The van der Waals surface area contributed by atoms with Crippen LogP contribution in [0.25, 0.3) is 64.6 Å². The van der Waals surface area contributed by atoms with Crippen molar-refractivity contribution in [2.45, 2.75) is 52.9 Å². The number of hydrogen-bond acceptors (Lipinski definition) is 3. The van der Waals surface area contributed by atoms with Crippen LogP contribution in [-0.2, 0) is 26.5 Å². The van der Waals surface area contributed by atoms with E-state index >= 15 is 0 Å². The molecule has 3 nitrogen and oxygen atoms in total. The Balaban J connectivity index is 0.000000191. The number of imidazole rings is 1. The van der Waals surface area contributed by atoms with Crippen LogP contribution in [0.2, 0.25) is 19.6 Å². The predicted octanol–water partition coefficient (Wildman–Crippen LogP) is 12.9. The minimum Gasteiger partial charge on any atom is -0.357 e. The van der Waals surface area contributed by atoms with Crippen molar-refractivity contribution in [2.75, 3.05) is 0 Å². The number of rotatable bonds is 7. The van der Waals surface area contributed by atoms with E-state index < -0.39 is 8.07 Å². The average Bonchev–Trinajstić information content (AvgIpc) is 3.75. The van der Waals surface area contributed by atoms with Gasteiger partial charge in [-0.05, 0) is 74.8 Å². The van der Waals surface area contributed by atoms with Crippen molar-refractivity contribution < 1.29 is 20.1 Å². The maximum atomic E-state index is 5.24. The molecule has 0 bridgehead atoms. The maximum absolute atomic E-state index is 5.24. The normalized spacial score (nSPS) is 12.2. The third-order valence-electron chi connectivity index (χ3n) is 10.2. The Morgan fingerprint density at radius 2 is 1.44 bits per heavy atom. The molecular formula is C49H45IrN3SSi-2. The number of benzene rings is 6. The quantitative estimate of drug-likeness (QED) is 0.118. The van der Waals surface area contributed by atoms with Crippen LogP contribution >= 0.6 is 11.3 Å². The van der Waals surface area contributed by atoms with Crippen molar-refractivity contribution in [1.29, 1.82) is 0 Å². The van der Waals surface area contributed by atoms with E-state index in [1.165, 1.54) is 47.3 Å². The molecule has 0 saturated carbocycles. The Morgan fingerprint density at radius 1 is 0.727 bits per heavy atom. The molecular weight excluding hydrogens is 883 g/mol. The molecule has 55 heavy (non-hydrogen) atoms. The van der Waals surface area contributed by atoms with E-state index in [1.807, 2.05) is 35.6 Å². The first-order valence-corrected chi connectivity index (χ1v) is 23.2. The molecule has 1 unspecified atom stereocenters. The minimum atomic E-state index is -1.34. The van der Waals surface area contributed by atoms with Gasteiger partial charge in [-0.3, -0.25) is 4.98 Å². The molecule has 0 aliphatic carbocycles. The molecule has 6 heteroatoms. The molecule has 0 spiro atoms. The summed E-state index contributed by atoms with van der Waals surface area (Å²) < 4.78 is 4.93. The van der Waals surface area contributed by atoms with Gasteiger partial charge in [0.2, 0.25) is 0 Å². The summed E-state index contributed by atoms with van der Waals surface area (Å²) in [4.78, 5) is 9.93. The van der Waals surface area contributed by atoms with Gasteiger partial charge in [0, 0.05) is 37.0 Å². The molecule has 0 fully saturated rings. The fourth-order valence-corrected chi connectivity index (χ4v) is 10.4. The summed E-state index contributed by atoms with van der Waals surface area (Å²) in [6.45, 7) is 14.0. The second kappa shape index (κ2) is 16.2. The molecule has 0 saturated heterocycles. The summed E-state index contributed by atoms with van der Waals surface area (Å²) in [6.07, 6.45) is 3.24. The Bertz CT molecular complexity index is 2730. The second-order valence-corrected chi connectivity index (χ2v) is 21.7. The van der Waals surface area contributed by atoms with E-state index in [4.69, 9.17) is 4.98 Å². The van der Waals surface area contributed by atoms with Gasteiger partial charge in [-0.25, -0.2) is 0 Å². The van der Waals surface area contributed by atoms with Gasteiger partial charge in [-0.1, -0.05) is 129 Å². The number of fused-ring (bicyclic) bond motifs is 5. The minimum absolute atomic E-state index is 0. The molecule has 1 atom stereocenters. The topological polar surface area (TPSA) is 30.7 Å². The van der Waals surface area contributed by atoms with Crippen LogP contribution in [0, 0.1) is 18.1 Å². The third-order valence-corrected chi connectivity index (χ3v) is 13.5. The van der Waals surface area contributed by atoms with Crippen molar-refractivity contribution in [3.05, 3.63) is 163 Å². The standard InChI is InChI=1S/C31H21N2S.C18H24NSi.Ir/c1-20(21-10-3-2-4-11-21)33-28-19-23-13-6-5-12-22(23)18-27(28)32-31(33)26-16-9-15-25-24-14-7-8-17-29(24)34-30(25)26;1-14(2)11-16-12-17(15-9-7-6-8-10-15)19-13-18(16)20(3,4)5;/h2-15,17-20H,1H3;6-9,12-14H,11H2,1-5H3;/q2*-1;. The van der Waals surface area contributed by atoms with Gasteiger partial charge in [-0.2, -0.15) is 11.3 Å². The monoisotopic (exact) mass is 928 g/mol. The van der Waals surface area contributed by atoms with Crippen molar-refractivity contribution in [3.8, 4) is 22.6 Å². The molecule has 6 aromatic carbocycles. The van der Waals surface area contributed by atoms with Gasteiger partial charge in [0.15, 0.2) is 0 Å². The maximum Gasteiger partial charge on any atom is 0.0798 e. The molecule has 1 radical (unpaired) electrons. The number of nitrogens with zero attached hydrogens (tertiary/aromatic N) is 3. The summed E-state index contributed by atoms with van der Waals surface area (Å²) in [5, 5.41) is 6.49. The van der Waals surface area contributed by atoms with Crippen LogP contribution in [0.1, 0.15) is 37.9 Å². The molecule has 3 aromatic heterocycles. The van der Waals surface area contributed by atoms with Crippen LogP contribution in [0.3, 0.4) is 0 Å². The Kier molecular flexibility index (Phi) is 11.3. The summed E-state index contributed by atoms with van der Waals surface area (Å²) in [5.74, 6) is 1.64. The fourth-order valence-electron chi connectivity index (χ4n) is 7.57. The van der Waals surface area contributed by atoms with Crippen molar-refractivity contribution in [1.82, 2.24) is 14.5 Å². The molecule has 0 amide bonds. The number of aromatic nitrogens is 3. The van der Waals surface area contributed by atoms with E-state index in [2.05, 4.69) is 177 Å². The van der Waals surface area contributed by atoms with Crippen molar-refractivity contribution in [2.24, 2.45) is 5.92 Å². The zero-order valence-electron chi connectivity index (χ0n) is 32.2. The van der Waals surface area contributed by atoms with Gasteiger partial charge < -0.3 is 9.55 Å².